The smallest absolute Gasteiger partial charge is 0.353 e. The van der Waals surface area contributed by atoms with Crippen LogP contribution in [0.5, 0.6) is 5.75 Å². The van der Waals surface area contributed by atoms with Gasteiger partial charge < -0.3 is 9.47 Å². The highest BCUT2D eigenvalue weighted by Gasteiger charge is 2.35. The molecule has 1 aliphatic rings. The Bertz CT molecular complexity index is 604. The van der Waals surface area contributed by atoms with E-state index in [0.29, 0.717) is 17.0 Å². The Morgan fingerprint density at radius 3 is 2.70 bits per heavy atom. The highest BCUT2D eigenvalue weighted by Crippen LogP contribution is 2.38. The van der Waals surface area contributed by atoms with E-state index in [2.05, 4.69) is 4.99 Å². The van der Waals surface area contributed by atoms with Gasteiger partial charge in [0.2, 0.25) is 0 Å². The van der Waals surface area contributed by atoms with Crippen molar-refractivity contribution in [2.75, 3.05) is 13.7 Å². The van der Waals surface area contributed by atoms with Crippen molar-refractivity contribution in [1.82, 2.24) is 0 Å². The molecule has 5 nitrogen and oxygen atoms in total. The average molecular weight is 275 g/mol. The summed E-state index contributed by atoms with van der Waals surface area (Å²) in [6.07, 6.45) is 0. The third-order valence-corrected chi connectivity index (χ3v) is 3.34. The van der Waals surface area contributed by atoms with Crippen LogP contribution in [-0.4, -0.2) is 31.2 Å². The maximum absolute atomic E-state index is 12.5. The van der Waals surface area contributed by atoms with Crippen molar-refractivity contribution in [3.05, 3.63) is 23.3 Å². The molecule has 1 aromatic carbocycles. The first-order valence-electron chi connectivity index (χ1n) is 6.48. The highest BCUT2D eigenvalue weighted by molar-refractivity contribution is 6.44. The third kappa shape index (κ3) is 2.19. The van der Waals surface area contributed by atoms with E-state index in [0.717, 1.165) is 5.56 Å². The molecule has 0 saturated heterocycles. The van der Waals surface area contributed by atoms with Gasteiger partial charge in [-0.15, -0.1) is 0 Å². The quantitative estimate of drug-likeness (QED) is 0.795. The molecule has 1 aliphatic heterocycles. The van der Waals surface area contributed by atoms with Gasteiger partial charge in [-0.3, -0.25) is 4.79 Å². The molecule has 0 saturated carbocycles. The van der Waals surface area contributed by atoms with Crippen LogP contribution >= 0.6 is 0 Å². The SMILES string of the molecule is CCOC(=O)C1=Nc2c(OC)ccc(C)c2C(=O)C1C. The molecule has 20 heavy (non-hydrogen) atoms. The number of Topliss-reactive ketones (excluding diaryl/α,β-unsaturated/α-hetero) is 1. The van der Waals surface area contributed by atoms with Crippen molar-refractivity contribution in [1.29, 1.82) is 0 Å². The Morgan fingerprint density at radius 2 is 2.10 bits per heavy atom. The number of carbonyl (C=O) groups excluding carboxylic acids is 2. The molecule has 0 N–H and O–H groups in total. The van der Waals surface area contributed by atoms with Gasteiger partial charge in [-0.2, -0.15) is 0 Å². The molecule has 1 heterocycles. The number of nitrogens with zero attached hydrogens (tertiary/aromatic N) is 1. The van der Waals surface area contributed by atoms with Gasteiger partial charge in [0.05, 0.1) is 25.2 Å². The summed E-state index contributed by atoms with van der Waals surface area (Å²) in [5.41, 5.74) is 1.89. The number of ketones is 1. The van der Waals surface area contributed by atoms with Crippen LogP contribution in [0.2, 0.25) is 0 Å². The molecule has 106 valence electrons. The van der Waals surface area contributed by atoms with Gasteiger partial charge >= 0.3 is 5.97 Å². The second-order valence-corrected chi connectivity index (χ2v) is 4.61. The predicted molar refractivity (Wildman–Crippen MR) is 75.0 cm³/mol. The first-order chi connectivity index (χ1) is 9.51. The lowest BCUT2D eigenvalue weighted by Crippen LogP contribution is -2.32. The topological polar surface area (TPSA) is 65.0 Å². The van der Waals surface area contributed by atoms with E-state index in [1.54, 1.807) is 19.9 Å². The molecule has 0 aliphatic carbocycles. The second kappa shape index (κ2) is 5.45. The van der Waals surface area contributed by atoms with Crippen LogP contribution in [0.15, 0.2) is 17.1 Å². The summed E-state index contributed by atoms with van der Waals surface area (Å²) < 4.78 is 10.2. The zero-order valence-electron chi connectivity index (χ0n) is 12.0. The van der Waals surface area contributed by atoms with Crippen LogP contribution < -0.4 is 4.74 Å². The van der Waals surface area contributed by atoms with Gasteiger partial charge in [0, 0.05) is 0 Å². The largest absolute Gasteiger partial charge is 0.494 e. The molecule has 2 rings (SSSR count). The van der Waals surface area contributed by atoms with Crippen molar-refractivity contribution >= 4 is 23.2 Å². The fourth-order valence-electron chi connectivity index (χ4n) is 2.25. The standard InChI is InChI=1S/C15H17NO4/c1-5-20-15(18)12-9(3)14(17)11-8(2)6-7-10(19-4)13(11)16-12/h6-7,9H,5H2,1-4H3. The minimum atomic E-state index is -0.604. The monoisotopic (exact) mass is 275 g/mol. The van der Waals surface area contributed by atoms with Crippen molar-refractivity contribution in [2.45, 2.75) is 20.8 Å². The maximum atomic E-state index is 12.5. The zero-order valence-corrected chi connectivity index (χ0v) is 12.0. The minimum absolute atomic E-state index is 0.130. The van der Waals surface area contributed by atoms with Gasteiger partial charge in [0.25, 0.3) is 0 Å². The summed E-state index contributed by atoms with van der Waals surface area (Å²) in [7, 11) is 1.51. The number of rotatable bonds is 3. The van der Waals surface area contributed by atoms with E-state index in [-0.39, 0.29) is 18.1 Å². The van der Waals surface area contributed by atoms with Crippen LogP contribution in [0, 0.1) is 12.8 Å². The summed E-state index contributed by atoms with van der Waals surface area (Å²) in [6.45, 7) is 5.47. The molecule has 0 spiro atoms. The molecular weight excluding hydrogens is 258 g/mol. The molecule has 5 heteroatoms. The highest BCUT2D eigenvalue weighted by atomic mass is 16.5. The van der Waals surface area contributed by atoms with E-state index in [9.17, 15) is 9.59 Å². The van der Waals surface area contributed by atoms with E-state index in [1.807, 2.05) is 13.0 Å². The van der Waals surface area contributed by atoms with E-state index in [1.165, 1.54) is 7.11 Å². The van der Waals surface area contributed by atoms with Gasteiger partial charge in [-0.05, 0) is 32.4 Å². The Kier molecular flexibility index (Phi) is 3.88. The van der Waals surface area contributed by atoms with Crippen LogP contribution in [0.3, 0.4) is 0 Å². The van der Waals surface area contributed by atoms with Crippen LogP contribution in [0.4, 0.5) is 5.69 Å². The van der Waals surface area contributed by atoms with Crippen molar-refractivity contribution in [3.8, 4) is 5.75 Å². The molecule has 1 unspecified atom stereocenters. The van der Waals surface area contributed by atoms with Crippen molar-refractivity contribution in [2.24, 2.45) is 10.9 Å². The number of hydrogen-bond donors (Lipinski definition) is 0. The van der Waals surface area contributed by atoms with Crippen molar-refractivity contribution < 1.29 is 19.1 Å². The molecular formula is C15H17NO4. The number of benzene rings is 1. The number of hydrogen-bond acceptors (Lipinski definition) is 5. The summed E-state index contributed by atoms with van der Waals surface area (Å²) in [5, 5.41) is 0. The lowest BCUT2D eigenvalue weighted by atomic mass is 9.88. The Morgan fingerprint density at radius 1 is 1.40 bits per heavy atom. The van der Waals surface area contributed by atoms with Gasteiger partial charge in [-0.1, -0.05) is 6.07 Å². The van der Waals surface area contributed by atoms with Gasteiger partial charge in [0.1, 0.15) is 17.1 Å². The maximum Gasteiger partial charge on any atom is 0.353 e. The van der Waals surface area contributed by atoms with E-state index >= 15 is 0 Å². The molecule has 0 amide bonds. The summed E-state index contributed by atoms with van der Waals surface area (Å²) >= 11 is 0. The third-order valence-electron chi connectivity index (χ3n) is 3.34. The van der Waals surface area contributed by atoms with Crippen LogP contribution in [0.25, 0.3) is 0 Å². The summed E-state index contributed by atoms with van der Waals surface area (Å²) in [5.74, 6) is -0.808. The number of ether oxygens (including phenoxy) is 2. The second-order valence-electron chi connectivity index (χ2n) is 4.61. The Balaban J connectivity index is 2.63. The number of aliphatic imine (C=N–C) groups is 1. The Labute approximate surface area is 117 Å². The number of carbonyl (C=O) groups is 2. The molecule has 1 aromatic rings. The van der Waals surface area contributed by atoms with Crippen molar-refractivity contribution in [3.63, 3.8) is 0 Å². The number of methoxy groups -OCH3 is 1. The average Bonchev–Trinajstić information content (AvgIpc) is 2.43. The molecule has 0 bridgehead atoms. The van der Waals surface area contributed by atoms with Gasteiger partial charge in [0.15, 0.2) is 5.78 Å². The van der Waals surface area contributed by atoms with Crippen LogP contribution in [0.1, 0.15) is 29.8 Å². The lowest BCUT2D eigenvalue weighted by molar-refractivity contribution is -0.135. The summed E-state index contributed by atoms with van der Waals surface area (Å²) in [6, 6.07) is 3.55. The predicted octanol–water partition coefficient (Wildman–Crippen LogP) is 2.47. The molecule has 1 atom stereocenters. The number of esters is 1. The van der Waals surface area contributed by atoms with E-state index in [4.69, 9.17) is 9.47 Å². The van der Waals surface area contributed by atoms with Gasteiger partial charge in [-0.25, -0.2) is 9.79 Å². The fraction of sp³-hybridized carbons (Fsp3) is 0.400. The number of aryl methyl sites for hydroxylation is 1. The summed E-state index contributed by atoms with van der Waals surface area (Å²) in [4.78, 5) is 28.7. The molecule has 0 radical (unpaired) electrons. The minimum Gasteiger partial charge on any atom is -0.494 e. The molecule has 0 aromatic heterocycles. The van der Waals surface area contributed by atoms with Crippen LogP contribution in [-0.2, 0) is 9.53 Å². The molecule has 0 fully saturated rings. The lowest BCUT2D eigenvalue weighted by Gasteiger charge is -2.22. The van der Waals surface area contributed by atoms with E-state index < -0.39 is 11.9 Å². The normalized spacial score (nSPS) is 17.3. The fourth-order valence-corrected chi connectivity index (χ4v) is 2.25. The first-order valence-corrected chi connectivity index (χ1v) is 6.48. The Hall–Kier alpha value is -2.17. The zero-order chi connectivity index (χ0) is 14.9. The first kappa shape index (κ1) is 14.2. The number of fused-ring (bicyclic) bond motifs is 1.